The van der Waals surface area contributed by atoms with Crippen LogP contribution in [0.3, 0.4) is 0 Å². The van der Waals surface area contributed by atoms with Crippen molar-refractivity contribution in [1.29, 1.82) is 0 Å². The number of hydrogen-bond acceptors (Lipinski definition) is 3. The minimum absolute atomic E-state index is 0.324. The van der Waals surface area contributed by atoms with E-state index in [1.165, 1.54) is 38.5 Å². The molecule has 0 aromatic rings. The number of hydrogen-bond donors (Lipinski definition) is 2. The first-order valence-corrected chi connectivity index (χ1v) is 14.1. The average Bonchev–Trinajstić information content (AvgIpc) is 3.10. The predicted molar refractivity (Wildman–Crippen MR) is 138 cm³/mol. The zero-order valence-corrected chi connectivity index (χ0v) is 22.9. The van der Waals surface area contributed by atoms with E-state index in [0.717, 1.165) is 62.2 Å². The third-order valence-corrected chi connectivity index (χ3v) is 10.7. The number of methoxy groups -OCH3 is 1. The lowest BCUT2D eigenvalue weighted by atomic mass is 9.46. The Bertz CT molecular complexity index is 680. The van der Waals surface area contributed by atoms with Gasteiger partial charge in [-0.3, -0.25) is 0 Å². The predicted octanol–water partition coefficient (Wildman–Crippen LogP) is 7.30. The first kappa shape index (κ1) is 27.2. The van der Waals surface area contributed by atoms with Crippen LogP contribution < -0.4 is 0 Å². The molecule has 0 heterocycles. The Morgan fingerprint density at radius 3 is 2.45 bits per heavy atom. The maximum Gasteiger partial charge on any atom is 0.0657 e. The lowest BCUT2D eigenvalue weighted by molar-refractivity contribution is -0.0666. The summed E-state index contributed by atoms with van der Waals surface area (Å²) in [6, 6.07) is 0. The van der Waals surface area contributed by atoms with E-state index >= 15 is 0 Å². The molecule has 3 saturated carbocycles. The van der Waals surface area contributed by atoms with Crippen LogP contribution >= 0.6 is 0 Å². The fourth-order valence-corrected chi connectivity index (χ4v) is 8.56. The first-order chi connectivity index (χ1) is 15.5. The van der Waals surface area contributed by atoms with Crippen LogP contribution in [0.4, 0.5) is 0 Å². The van der Waals surface area contributed by atoms with Gasteiger partial charge in [0.15, 0.2) is 0 Å². The highest BCUT2D eigenvalue weighted by Gasteiger charge is 2.58. The number of rotatable bonds is 7. The maximum atomic E-state index is 10.7. The molecule has 0 aliphatic heterocycles. The Labute approximate surface area is 204 Å². The molecule has 3 fully saturated rings. The average molecular weight is 463 g/mol. The molecule has 2 N–H and O–H groups in total. The fraction of sp³-hybridized carbons (Fsp3) is 0.933. The monoisotopic (exact) mass is 462 g/mol. The molecule has 4 rings (SSSR count). The molecule has 4 aliphatic carbocycles. The topological polar surface area (TPSA) is 49.7 Å². The summed E-state index contributed by atoms with van der Waals surface area (Å²) in [4.78, 5) is 0. The van der Waals surface area contributed by atoms with Crippen molar-refractivity contribution >= 4 is 0 Å². The number of fused-ring (bicyclic) bond motifs is 5. The van der Waals surface area contributed by atoms with Gasteiger partial charge in [-0.25, -0.2) is 0 Å². The van der Waals surface area contributed by atoms with Crippen LogP contribution in [0.1, 0.15) is 119 Å². The van der Waals surface area contributed by atoms with Crippen molar-refractivity contribution in [2.24, 2.45) is 34.5 Å². The molecule has 0 aromatic carbocycles. The van der Waals surface area contributed by atoms with Crippen molar-refractivity contribution in [3.05, 3.63) is 11.6 Å². The van der Waals surface area contributed by atoms with Crippen molar-refractivity contribution in [2.45, 2.75) is 130 Å². The summed E-state index contributed by atoms with van der Waals surface area (Å²) in [5.74, 6) is 3.34. The highest BCUT2D eigenvalue weighted by Crippen LogP contribution is 2.67. The second-order valence-electron chi connectivity index (χ2n) is 12.9. The van der Waals surface area contributed by atoms with E-state index < -0.39 is 11.2 Å². The van der Waals surface area contributed by atoms with Gasteiger partial charge in [-0.05, 0) is 119 Å². The van der Waals surface area contributed by atoms with Gasteiger partial charge in [0.1, 0.15) is 0 Å². The Morgan fingerprint density at radius 2 is 1.76 bits per heavy atom. The van der Waals surface area contributed by atoms with E-state index in [1.54, 1.807) is 12.7 Å². The summed E-state index contributed by atoms with van der Waals surface area (Å²) in [5, 5.41) is 21.3. The van der Waals surface area contributed by atoms with Crippen molar-refractivity contribution in [2.75, 3.05) is 13.7 Å². The number of allylic oxidation sites excluding steroid dienone is 1. The van der Waals surface area contributed by atoms with Gasteiger partial charge in [0, 0.05) is 13.7 Å². The van der Waals surface area contributed by atoms with E-state index in [9.17, 15) is 10.2 Å². The van der Waals surface area contributed by atoms with Crippen molar-refractivity contribution in [3.63, 3.8) is 0 Å². The second kappa shape index (κ2) is 10.3. The molecule has 4 aliphatic rings. The van der Waals surface area contributed by atoms with Crippen LogP contribution in [-0.4, -0.2) is 35.1 Å². The minimum atomic E-state index is -0.589. The summed E-state index contributed by atoms with van der Waals surface area (Å²) in [6.45, 7) is 13.8. The van der Waals surface area contributed by atoms with Crippen molar-refractivity contribution < 1.29 is 14.9 Å². The van der Waals surface area contributed by atoms with Gasteiger partial charge >= 0.3 is 0 Å². The van der Waals surface area contributed by atoms with Crippen LogP contribution in [-0.2, 0) is 4.74 Å². The standard InChI is InChI=1S/C28H48O3.C2H6/c1-25(29,17-18-31-5)13-6-7-20-9-11-23-22-10-8-21-19-26(2,30)15-16-28(21,4)24(22)12-14-27(20,23)3;1-2/h8,20,22-24,29-30H,6-7,9-19H2,1-5H3;1-2H3/t20?,22?,23?,24?,25?,26-,27?,28?;/m0./s1. The van der Waals surface area contributed by atoms with Crippen LogP contribution in [0.25, 0.3) is 0 Å². The van der Waals surface area contributed by atoms with Crippen LogP contribution in [0.2, 0.25) is 0 Å². The highest BCUT2D eigenvalue weighted by atomic mass is 16.5. The van der Waals surface area contributed by atoms with E-state index in [-0.39, 0.29) is 0 Å². The maximum absolute atomic E-state index is 10.7. The molecule has 8 atom stereocenters. The fourth-order valence-electron chi connectivity index (χ4n) is 8.56. The van der Waals surface area contributed by atoms with Crippen LogP contribution in [0, 0.1) is 34.5 Å². The molecule has 192 valence electrons. The molecule has 0 spiro atoms. The third kappa shape index (κ3) is 5.41. The van der Waals surface area contributed by atoms with Gasteiger partial charge in [-0.15, -0.1) is 0 Å². The van der Waals surface area contributed by atoms with E-state index in [1.807, 2.05) is 27.7 Å². The number of ether oxygens (including phenoxy) is 1. The molecular weight excluding hydrogens is 408 g/mol. The lowest BCUT2D eigenvalue weighted by Gasteiger charge is -2.59. The Morgan fingerprint density at radius 1 is 1.03 bits per heavy atom. The normalized spacial score (nSPS) is 43.8. The molecule has 3 heteroatoms. The largest absolute Gasteiger partial charge is 0.390 e. The van der Waals surface area contributed by atoms with Crippen LogP contribution in [0.15, 0.2) is 11.6 Å². The van der Waals surface area contributed by atoms with E-state index in [2.05, 4.69) is 19.9 Å². The summed E-state index contributed by atoms with van der Waals surface area (Å²) in [7, 11) is 1.71. The molecule has 33 heavy (non-hydrogen) atoms. The van der Waals surface area contributed by atoms with Crippen molar-refractivity contribution in [1.82, 2.24) is 0 Å². The Kier molecular flexibility index (Phi) is 8.50. The zero-order valence-electron chi connectivity index (χ0n) is 22.9. The highest BCUT2D eigenvalue weighted by molar-refractivity contribution is 5.26. The Hall–Kier alpha value is -0.380. The smallest absolute Gasteiger partial charge is 0.0657 e. The zero-order chi connectivity index (χ0) is 24.5. The van der Waals surface area contributed by atoms with Gasteiger partial charge in [0.25, 0.3) is 0 Å². The summed E-state index contributed by atoms with van der Waals surface area (Å²) < 4.78 is 5.17. The van der Waals surface area contributed by atoms with E-state index in [0.29, 0.717) is 17.4 Å². The molecule has 0 amide bonds. The van der Waals surface area contributed by atoms with Gasteiger partial charge in [-0.2, -0.15) is 0 Å². The summed E-state index contributed by atoms with van der Waals surface area (Å²) in [5.41, 5.74) is 1.30. The molecule has 7 unspecified atom stereocenters. The number of aliphatic hydroxyl groups is 2. The summed E-state index contributed by atoms with van der Waals surface area (Å²) >= 11 is 0. The third-order valence-electron chi connectivity index (χ3n) is 10.7. The summed E-state index contributed by atoms with van der Waals surface area (Å²) in [6.07, 6.45) is 16.4. The SMILES string of the molecule is CC.COCCC(C)(O)CCCC1CCC2C3CC=C4C[C@@](C)(O)CCC4(C)C3CCC12C. The quantitative estimate of drug-likeness (QED) is 0.390. The van der Waals surface area contributed by atoms with E-state index in [4.69, 9.17) is 4.74 Å². The van der Waals surface area contributed by atoms with Crippen molar-refractivity contribution in [3.8, 4) is 0 Å². The molecule has 0 bridgehead atoms. The first-order valence-electron chi connectivity index (χ1n) is 14.1. The molecular formula is C30H54O3. The molecule has 0 aromatic heterocycles. The van der Waals surface area contributed by atoms with Gasteiger partial charge in [-0.1, -0.05) is 45.8 Å². The molecule has 3 nitrogen and oxygen atoms in total. The van der Waals surface area contributed by atoms with Gasteiger partial charge < -0.3 is 14.9 Å². The van der Waals surface area contributed by atoms with Gasteiger partial charge in [0.05, 0.1) is 11.2 Å². The van der Waals surface area contributed by atoms with Gasteiger partial charge in [0.2, 0.25) is 0 Å². The Balaban J connectivity index is 0.00000149. The lowest BCUT2D eigenvalue weighted by Crippen LogP contribution is -2.51. The molecule has 0 radical (unpaired) electrons. The second-order valence-corrected chi connectivity index (χ2v) is 12.9. The minimum Gasteiger partial charge on any atom is -0.390 e. The molecule has 0 saturated heterocycles. The van der Waals surface area contributed by atoms with Crippen LogP contribution in [0.5, 0.6) is 0 Å².